The summed E-state index contributed by atoms with van der Waals surface area (Å²) < 4.78 is 21.6. The van der Waals surface area contributed by atoms with Gasteiger partial charge < -0.3 is 9.09 Å². The molecule has 31 heavy (non-hydrogen) atoms. The number of hydrogen-bond donors (Lipinski definition) is 0. The van der Waals surface area contributed by atoms with E-state index in [0.717, 1.165) is 30.4 Å². The van der Waals surface area contributed by atoms with Gasteiger partial charge in [0.25, 0.3) is 0 Å². The molecular formula is C23H22FN5OS. The highest BCUT2D eigenvalue weighted by Crippen LogP contribution is 2.42. The summed E-state index contributed by atoms with van der Waals surface area (Å²) in [5.41, 5.74) is 2.39. The minimum Gasteiger partial charge on any atom is -0.338 e. The summed E-state index contributed by atoms with van der Waals surface area (Å²) >= 11 is 1.54. The Hall–Kier alpha value is -3.00. The van der Waals surface area contributed by atoms with Crippen molar-refractivity contribution >= 4 is 11.8 Å². The minimum atomic E-state index is -0.284. The van der Waals surface area contributed by atoms with Crippen LogP contribution < -0.4 is 0 Å². The maximum absolute atomic E-state index is 13.9. The van der Waals surface area contributed by atoms with Gasteiger partial charge in [0.2, 0.25) is 11.7 Å². The second-order valence-corrected chi connectivity index (χ2v) is 9.18. The van der Waals surface area contributed by atoms with Crippen LogP contribution in [0.2, 0.25) is 0 Å². The lowest BCUT2D eigenvalue weighted by molar-refractivity contribution is 0.380. The Bertz CT molecular complexity index is 1200. The van der Waals surface area contributed by atoms with E-state index in [-0.39, 0.29) is 11.1 Å². The van der Waals surface area contributed by atoms with Crippen molar-refractivity contribution in [3.05, 3.63) is 77.2 Å². The number of aryl methyl sites for hydroxylation is 1. The van der Waals surface area contributed by atoms with E-state index >= 15 is 0 Å². The van der Waals surface area contributed by atoms with Gasteiger partial charge in [0, 0.05) is 11.5 Å². The van der Waals surface area contributed by atoms with Crippen LogP contribution in [-0.4, -0.2) is 24.9 Å². The van der Waals surface area contributed by atoms with Crippen LogP contribution in [0.4, 0.5) is 4.39 Å². The summed E-state index contributed by atoms with van der Waals surface area (Å²) in [6.45, 7) is 4.45. The van der Waals surface area contributed by atoms with E-state index in [1.54, 1.807) is 30.8 Å². The van der Waals surface area contributed by atoms with Gasteiger partial charge in [-0.1, -0.05) is 59.4 Å². The molecule has 0 radical (unpaired) electrons. The molecule has 0 spiro atoms. The Balaban J connectivity index is 1.37. The molecule has 0 amide bonds. The predicted molar refractivity (Wildman–Crippen MR) is 116 cm³/mol. The Kier molecular flexibility index (Phi) is 5.31. The molecular weight excluding hydrogens is 413 g/mol. The van der Waals surface area contributed by atoms with E-state index < -0.39 is 0 Å². The highest BCUT2D eigenvalue weighted by molar-refractivity contribution is 7.99. The Labute approximate surface area is 183 Å². The molecule has 1 fully saturated rings. The molecule has 0 N–H and O–H groups in total. The summed E-state index contributed by atoms with van der Waals surface area (Å²) in [7, 11) is 0. The molecule has 5 rings (SSSR count). The van der Waals surface area contributed by atoms with Crippen LogP contribution in [0.1, 0.15) is 53.8 Å². The van der Waals surface area contributed by atoms with Crippen LogP contribution in [0.15, 0.2) is 58.2 Å². The van der Waals surface area contributed by atoms with Gasteiger partial charge in [-0.3, -0.25) is 0 Å². The third-order valence-corrected chi connectivity index (χ3v) is 6.44. The van der Waals surface area contributed by atoms with E-state index in [0.29, 0.717) is 28.8 Å². The monoisotopic (exact) mass is 435 g/mol. The van der Waals surface area contributed by atoms with Gasteiger partial charge in [-0.05, 0) is 43.9 Å². The van der Waals surface area contributed by atoms with Gasteiger partial charge in [0.1, 0.15) is 11.6 Å². The van der Waals surface area contributed by atoms with Crippen molar-refractivity contribution in [2.75, 3.05) is 0 Å². The molecule has 1 saturated carbocycles. The van der Waals surface area contributed by atoms with Crippen molar-refractivity contribution in [3.8, 4) is 11.4 Å². The maximum Gasteiger partial charge on any atom is 0.240 e. The zero-order valence-corrected chi connectivity index (χ0v) is 18.1. The fourth-order valence-electron chi connectivity index (χ4n) is 3.40. The number of halogens is 1. The maximum atomic E-state index is 13.9. The number of nitrogens with zero attached hydrogens (tertiary/aromatic N) is 5. The van der Waals surface area contributed by atoms with Crippen LogP contribution in [0.5, 0.6) is 0 Å². The summed E-state index contributed by atoms with van der Waals surface area (Å²) in [6.07, 6.45) is 2.32. The summed E-state index contributed by atoms with van der Waals surface area (Å²) in [6, 6.07) is 15.3. The number of benzene rings is 2. The van der Waals surface area contributed by atoms with Gasteiger partial charge in [0.05, 0.1) is 11.8 Å². The molecule has 1 atom stereocenters. The van der Waals surface area contributed by atoms with Gasteiger partial charge in [-0.15, -0.1) is 10.2 Å². The minimum absolute atomic E-state index is 0.123. The van der Waals surface area contributed by atoms with Crippen molar-refractivity contribution in [3.63, 3.8) is 0 Å². The third kappa shape index (κ3) is 4.25. The lowest BCUT2D eigenvalue weighted by Gasteiger charge is -2.11. The number of thioether (sulfide) groups is 1. The van der Waals surface area contributed by atoms with Gasteiger partial charge in [-0.2, -0.15) is 4.98 Å². The first-order valence-electron chi connectivity index (χ1n) is 10.3. The van der Waals surface area contributed by atoms with E-state index in [1.165, 1.54) is 11.6 Å². The van der Waals surface area contributed by atoms with Gasteiger partial charge >= 0.3 is 0 Å². The Morgan fingerprint density at radius 1 is 1.16 bits per heavy atom. The highest BCUT2D eigenvalue weighted by atomic mass is 32.2. The molecule has 2 aromatic carbocycles. The Morgan fingerprint density at radius 2 is 1.97 bits per heavy atom. The third-order valence-electron chi connectivity index (χ3n) is 5.37. The largest absolute Gasteiger partial charge is 0.338 e. The molecule has 6 nitrogen and oxygen atoms in total. The van der Waals surface area contributed by atoms with Gasteiger partial charge in [0.15, 0.2) is 5.16 Å². The smallest absolute Gasteiger partial charge is 0.240 e. The van der Waals surface area contributed by atoms with Crippen molar-refractivity contribution < 1.29 is 8.91 Å². The fraction of sp³-hybridized carbons (Fsp3) is 0.304. The molecule has 1 unspecified atom stereocenters. The van der Waals surface area contributed by atoms with Crippen molar-refractivity contribution in [2.24, 2.45) is 0 Å². The molecule has 4 aromatic rings. The second kappa shape index (κ2) is 8.26. The van der Waals surface area contributed by atoms with Crippen LogP contribution in [-0.2, 0) is 6.54 Å². The zero-order valence-electron chi connectivity index (χ0n) is 17.3. The van der Waals surface area contributed by atoms with Crippen molar-refractivity contribution in [1.82, 2.24) is 24.9 Å². The molecule has 0 saturated heterocycles. The molecule has 1 aliphatic carbocycles. The van der Waals surface area contributed by atoms with Crippen molar-refractivity contribution in [2.45, 2.75) is 49.6 Å². The standard InChI is InChI=1S/C23H22FN5OS/c1-14-8-9-18(12-19(14)24)20-25-22(30-28-20)15(2)31-23-27-26-21(17-10-11-17)29(23)13-16-6-4-3-5-7-16/h3-9,12,15,17H,10-11,13H2,1-2H3. The number of aromatic nitrogens is 5. The first-order valence-corrected chi connectivity index (χ1v) is 11.2. The molecule has 2 heterocycles. The molecule has 2 aromatic heterocycles. The topological polar surface area (TPSA) is 69.6 Å². The molecule has 1 aliphatic rings. The Morgan fingerprint density at radius 3 is 2.71 bits per heavy atom. The zero-order chi connectivity index (χ0) is 21.4. The molecule has 158 valence electrons. The average Bonchev–Trinajstić information content (AvgIpc) is 3.36. The van der Waals surface area contributed by atoms with E-state index in [1.807, 2.05) is 25.1 Å². The molecule has 0 bridgehead atoms. The highest BCUT2D eigenvalue weighted by Gasteiger charge is 2.31. The van der Waals surface area contributed by atoms with Crippen LogP contribution in [0.25, 0.3) is 11.4 Å². The van der Waals surface area contributed by atoms with E-state index in [4.69, 9.17) is 4.52 Å². The lowest BCUT2D eigenvalue weighted by atomic mass is 10.1. The van der Waals surface area contributed by atoms with Crippen LogP contribution in [0, 0.1) is 12.7 Å². The molecule has 0 aliphatic heterocycles. The fourth-order valence-corrected chi connectivity index (χ4v) is 4.29. The number of hydrogen-bond acceptors (Lipinski definition) is 6. The SMILES string of the molecule is Cc1ccc(-c2noc(C(C)Sc3nnc(C4CC4)n3Cc3ccccc3)n2)cc1F. The molecule has 8 heteroatoms. The lowest BCUT2D eigenvalue weighted by Crippen LogP contribution is -2.06. The van der Waals surface area contributed by atoms with Crippen LogP contribution in [0.3, 0.4) is 0 Å². The summed E-state index contributed by atoms with van der Waals surface area (Å²) in [4.78, 5) is 4.49. The summed E-state index contributed by atoms with van der Waals surface area (Å²) in [5.74, 6) is 2.11. The predicted octanol–water partition coefficient (Wildman–Crippen LogP) is 5.55. The summed E-state index contributed by atoms with van der Waals surface area (Å²) in [5, 5.41) is 13.7. The van der Waals surface area contributed by atoms with Crippen molar-refractivity contribution in [1.29, 1.82) is 0 Å². The first-order chi connectivity index (χ1) is 15.1. The van der Waals surface area contributed by atoms with Crippen LogP contribution >= 0.6 is 11.8 Å². The normalized spacial score (nSPS) is 14.7. The quantitative estimate of drug-likeness (QED) is 0.354. The average molecular weight is 436 g/mol. The first kappa shape index (κ1) is 19.9. The van der Waals surface area contributed by atoms with E-state index in [9.17, 15) is 4.39 Å². The second-order valence-electron chi connectivity index (χ2n) is 7.87. The van der Waals surface area contributed by atoms with Gasteiger partial charge in [-0.25, -0.2) is 4.39 Å². The number of rotatable bonds is 7. The van der Waals surface area contributed by atoms with E-state index in [2.05, 4.69) is 37.0 Å².